The SMILES string of the molecule is CCN1CCC(c2nc(Cl)c3n2CCCC3C)C1. The van der Waals surface area contributed by atoms with Crippen LogP contribution < -0.4 is 0 Å². The number of imidazole rings is 1. The van der Waals surface area contributed by atoms with Crippen LogP contribution in [-0.4, -0.2) is 34.1 Å². The quantitative estimate of drug-likeness (QED) is 0.820. The lowest BCUT2D eigenvalue weighted by molar-refractivity contribution is 0.350. The molecule has 1 aromatic rings. The number of halogens is 1. The molecule has 0 N–H and O–H groups in total. The Labute approximate surface area is 114 Å². The largest absolute Gasteiger partial charge is 0.330 e. The molecule has 0 bridgehead atoms. The third-order valence-electron chi connectivity index (χ3n) is 4.56. The van der Waals surface area contributed by atoms with Crippen LogP contribution in [0.3, 0.4) is 0 Å². The molecule has 18 heavy (non-hydrogen) atoms. The topological polar surface area (TPSA) is 21.1 Å². The van der Waals surface area contributed by atoms with E-state index in [0.29, 0.717) is 11.8 Å². The summed E-state index contributed by atoms with van der Waals surface area (Å²) in [6.07, 6.45) is 3.74. The van der Waals surface area contributed by atoms with Gasteiger partial charge in [-0.2, -0.15) is 0 Å². The van der Waals surface area contributed by atoms with E-state index >= 15 is 0 Å². The summed E-state index contributed by atoms with van der Waals surface area (Å²) >= 11 is 6.36. The molecule has 0 aromatic carbocycles. The predicted octanol–water partition coefficient (Wildman–Crippen LogP) is 3.24. The van der Waals surface area contributed by atoms with E-state index in [1.807, 2.05) is 0 Å². The van der Waals surface area contributed by atoms with Gasteiger partial charge in [0.25, 0.3) is 0 Å². The molecular formula is C14H22ClN3. The van der Waals surface area contributed by atoms with Gasteiger partial charge in [-0.05, 0) is 38.3 Å². The van der Waals surface area contributed by atoms with E-state index in [4.69, 9.17) is 16.6 Å². The van der Waals surface area contributed by atoms with Crippen molar-refractivity contribution in [2.75, 3.05) is 19.6 Å². The summed E-state index contributed by atoms with van der Waals surface area (Å²) in [5.74, 6) is 2.40. The standard InChI is InChI=1S/C14H22ClN3/c1-3-17-8-6-11(9-17)14-16-13(15)12-10(2)5-4-7-18(12)14/h10-11H,3-9H2,1-2H3. The number of fused-ring (bicyclic) bond motifs is 1. The molecule has 0 saturated carbocycles. The van der Waals surface area contributed by atoms with Crippen LogP contribution in [0.25, 0.3) is 0 Å². The minimum atomic E-state index is 0.566. The molecule has 1 saturated heterocycles. The summed E-state index contributed by atoms with van der Waals surface area (Å²) < 4.78 is 2.42. The number of aromatic nitrogens is 2. The van der Waals surface area contributed by atoms with Crippen molar-refractivity contribution in [2.24, 2.45) is 0 Å². The van der Waals surface area contributed by atoms with Crippen molar-refractivity contribution in [1.82, 2.24) is 14.5 Å². The number of nitrogens with zero attached hydrogens (tertiary/aromatic N) is 3. The number of hydrogen-bond donors (Lipinski definition) is 0. The zero-order valence-corrected chi connectivity index (χ0v) is 12.1. The first-order chi connectivity index (χ1) is 8.70. The summed E-state index contributed by atoms with van der Waals surface area (Å²) in [6.45, 7) is 9.12. The van der Waals surface area contributed by atoms with Crippen molar-refractivity contribution in [3.8, 4) is 0 Å². The molecule has 2 aliphatic rings. The molecule has 0 spiro atoms. The molecule has 1 aromatic heterocycles. The van der Waals surface area contributed by atoms with Crippen LogP contribution in [-0.2, 0) is 6.54 Å². The molecule has 2 atom stereocenters. The van der Waals surface area contributed by atoms with E-state index in [9.17, 15) is 0 Å². The lowest BCUT2D eigenvalue weighted by Gasteiger charge is -2.24. The van der Waals surface area contributed by atoms with Gasteiger partial charge in [-0.3, -0.25) is 0 Å². The highest BCUT2D eigenvalue weighted by atomic mass is 35.5. The fraction of sp³-hybridized carbons (Fsp3) is 0.786. The van der Waals surface area contributed by atoms with Gasteiger partial charge in [-0.25, -0.2) is 4.98 Å². The molecule has 2 unspecified atom stereocenters. The maximum absolute atomic E-state index is 6.36. The Morgan fingerprint density at radius 1 is 1.33 bits per heavy atom. The first-order valence-electron chi connectivity index (χ1n) is 7.18. The van der Waals surface area contributed by atoms with Gasteiger partial charge in [-0.1, -0.05) is 25.4 Å². The fourth-order valence-corrected chi connectivity index (χ4v) is 3.87. The van der Waals surface area contributed by atoms with Crippen LogP contribution in [0.15, 0.2) is 0 Å². The second kappa shape index (κ2) is 4.86. The molecule has 3 rings (SSSR count). The summed E-state index contributed by atoms with van der Waals surface area (Å²) in [4.78, 5) is 7.20. The highest BCUT2D eigenvalue weighted by Gasteiger charge is 2.31. The van der Waals surface area contributed by atoms with Crippen LogP contribution in [0.5, 0.6) is 0 Å². The van der Waals surface area contributed by atoms with Crippen molar-refractivity contribution in [3.63, 3.8) is 0 Å². The van der Waals surface area contributed by atoms with Gasteiger partial charge < -0.3 is 9.47 Å². The van der Waals surface area contributed by atoms with Crippen molar-refractivity contribution < 1.29 is 0 Å². The summed E-state index contributed by atoms with van der Waals surface area (Å²) in [5, 5.41) is 0.757. The fourth-order valence-electron chi connectivity index (χ4n) is 3.49. The first kappa shape index (κ1) is 12.5. The zero-order valence-electron chi connectivity index (χ0n) is 11.3. The Morgan fingerprint density at radius 3 is 2.89 bits per heavy atom. The Hall–Kier alpha value is -0.540. The average molecular weight is 268 g/mol. The van der Waals surface area contributed by atoms with E-state index in [1.165, 1.54) is 37.3 Å². The molecule has 2 aliphatic heterocycles. The van der Waals surface area contributed by atoms with E-state index in [0.717, 1.165) is 24.8 Å². The maximum atomic E-state index is 6.36. The smallest absolute Gasteiger partial charge is 0.150 e. The molecule has 0 radical (unpaired) electrons. The Kier molecular flexibility index (Phi) is 3.37. The highest BCUT2D eigenvalue weighted by Crippen LogP contribution is 2.37. The molecule has 100 valence electrons. The summed E-state index contributed by atoms with van der Waals surface area (Å²) in [6, 6.07) is 0. The first-order valence-corrected chi connectivity index (χ1v) is 7.56. The summed E-state index contributed by atoms with van der Waals surface area (Å²) in [5.41, 5.74) is 1.29. The zero-order chi connectivity index (χ0) is 12.7. The number of likely N-dealkylation sites (tertiary alicyclic amines) is 1. The minimum absolute atomic E-state index is 0.566. The lowest BCUT2D eigenvalue weighted by atomic mass is 9.98. The van der Waals surface area contributed by atoms with Crippen LogP contribution >= 0.6 is 11.6 Å². The molecule has 0 aliphatic carbocycles. The molecule has 3 nitrogen and oxygen atoms in total. The van der Waals surface area contributed by atoms with E-state index in [1.54, 1.807) is 0 Å². The van der Waals surface area contributed by atoms with Gasteiger partial charge in [0.05, 0.1) is 5.69 Å². The molecule has 3 heterocycles. The van der Waals surface area contributed by atoms with Crippen LogP contribution in [0.4, 0.5) is 0 Å². The molecule has 1 fully saturated rings. The number of likely N-dealkylation sites (N-methyl/N-ethyl adjacent to an activating group) is 1. The third-order valence-corrected chi connectivity index (χ3v) is 4.84. The van der Waals surface area contributed by atoms with Gasteiger partial charge in [0.1, 0.15) is 5.82 Å². The second-order valence-corrected chi connectivity index (χ2v) is 6.08. The van der Waals surface area contributed by atoms with Gasteiger partial charge in [0, 0.05) is 19.0 Å². The normalized spacial score (nSPS) is 28.6. The van der Waals surface area contributed by atoms with E-state index in [-0.39, 0.29) is 0 Å². The van der Waals surface area contributed by atoms with Crippen molar-refractivity contribution in [3.05, 3.63) is 16.7 Å². The van der Waals surface area contributed by atoms with Gasteiger partial charge in [0.2, 0.25) is 0 Å². The monoisotopic (exact) mass is 267 g/mol. The van der Waals surface area contributed by atoms with Crippen molar-refractivity contribution in [2.45, 2.75) is 51.5 Å². The number of hydrogen-bond acceptors (Lipinski definition) is 2. The van der Waals surface area contributed by atoms with Gasteiger partial charge in [0.15, 0.2) is 5.15 Å². The predicted molar refractivity (Wildman–Crippen MR) is 74.4 cm³/mol. The van der Waals surface area contributed by atoms with Crippen molar-refractivity contribution >= 4 is 11.6 Å². The summed E-state index contributed by atoms with van der Waals surface area (Å²) in [7, 11) is 0. The average Bonchev–Trinajstić information content (AvgIpc) is 2.94. The molecule has 4 heteroatoms. The Balaban J connectivity index is 1.92. The van der Waals surface area contributed by atoms with Gasteiger partial charge >= 0.3 is 0 Å². The lowest BCUT2D eigenvalue weighted by Crippen LogP contribution is -2.21. The third kappa shape index (κ3) is 1.97. The van der Waals surface area contributed by atoms with Crippen LogP contribution in [0, 0.1) is 0 Å². The second-order valence-electron chi connectivity index (χ2n) is 5.72. The Bertz CT molecular complexity index is 440. The maximum Gasteiger partial charge on any atom is 0.150 e. The minimum Gasteiger partial charge on any atom is -0.330 e. The van der Waals surface area contributed by atoms with Gasteiger partial charge in [-0.15, -0.1) is 0 Å². The Morgan fingerprint density at radius 2 is 2.17 bits per heavy atom. The van der Waals surface area contributed by atoms with Crippen LogP contribution in [0.2, 0.25) is 5.15 Å². The van der Waals surface area contributed by atoms with E-state index < -0.39 is 0 Å². The van der Waals surface area contributed by atoms with Crippen molar-refractivity contribution in [1.29, 1.82) is 0 Å². The molecule has 0 amide bonds. The van der Waals surface area contributed by atoms with Crippen LogP contribution in [0.1, 0.15) is 56.5 Å². The molecular weight excluding hydrogens is 246 g/mol. The highest BCUT2D eigenvalue weighted by molar-refractivity contribution is 6.30. The van der Waals surface area contributed by atoms with E-state index in [2.05, 4.69) is 23.3 Å². The number of rotatable bonds is 2.